The van der Waals surface area contributed by atoms with Crippen LogP contribution in [0.25, 0.3) is 0 Å². The summed E-state index contributed by atoms with van der Waals surface area (Å²) < 4.78 is 0. The van der Waals surface area contributed by atoms with Crippen LogP contribution in [0.1, 0.15) is 32.3 Å². The lowest BCUT2D eigenvalue weighted by Crippen LogP contribution is -2.43. The first-order valence-electron chi connectivity index (χ1n) is 7.87. The monoisotopic (exact) mass is 301 g/mol. The van der Waals surface area contributed by atoms with Crippen LogP contribution >= 0.6 is 0 Å². The summed E-state index contributed by atoms with van der Waals surface area (Å²) in [6.07, 6.45) is 4.53. The molecule has 2 amide bonds. The quantitative estimate of drug-likeness (QED) is 0.906. The van der Waals surface area contributed by atoms with E-state index in [-0.39, 0.29) is 5.91 Å². The smallest absolute Gasteiger partial charge is 0.227 e. The SMILES string of the molecule is CC(C)([CH]C(=O)N1CCC(Cc2ccccc2)CC1)C(N)=O. The number of hydrogen-bond acceptors (Lipinski definition) is 2. The maximum Gasteiger partial charge on any atom is 0.227 e. The van der Waals surface area contributed by atoms with Crippen molar-refractivity contribution in [3.63, 3.8) is 0 Å². The van der Waals surface area contributed by atoms with Gasteiger partial charge in [-0.05, 0) is 30.7 Å². The Labute approximate surface area is 132 Å². The van der Waals surface area contributed by atoms with Gasteiger partial charge in [-0.1, -0.05) is 44.2 Å². The Morgan fingerprint density at radius 2 is 1.82 bits per heavy atom. The molecule has 0 unspecified atom stereocenters. The van der Waals surface area contributed by atoms with Crippen LogP contribution in [-0.4, -0.2) is 29.8 Å². The second-order valence-electron chi connectivity index (χ2n) is 6.69. The molecule has 0 spiro atoms. The molecule has 22 heavy (non-hydrogen) atoms. The largest absolute Gasteiger partial charge is 0.369 e. The lowest BCUT2D eigenvalue weighted by Gasteiger charge is -2.33. The van der Waals surface area contributed by atoms with E-state index in [1.807, 2.05) is 11.0 Å². The number of likely N-dealkylation sites (tertiary alicyclic amines) is 1. The zero-order valence-electron chi connectivity index (χ0n) is 13.4. The van der Waals surface area contributed by atoms with Crippen LogP contribution in [0.2, 0.25) is 0 Å². The number of primary amides is 1. The highest BCUT2D eigenvalue weighted by Crippen LogP contribution is 2.25. The van der Waals surface area contributed by atoms with E-state index in [4.69, 9.17) is 5.73 Å². The van der Waals surface area contributed by atoms with E-state index in [2.05, 4.69) is 24.3 Å². The van der Waals surface area contributed by atoms with Gasteiger partial charge < -0.3 is 10.6 Å². The van der Waals surface area contributed by atoms with E-state index in [0.717, 1.165) is 32.4 Å². The Balaban J connectivity index is 1.82. The van der Waals surface area contributed by atoms with Crippen molar-refractivity contribution < 1.29 is 9.59 Å². The molecule has 1 aliphatic rings. The predicted octanol–water partition coefficient (Wildman–Crippen LogP) is 2.18. The summed E-state index contributed by atoms with van der Waals surface area (Å²) >= 11 is 0. The summed E-state index contributed by atoms with van der Waals surface area (Å²) in [5.41, 5.74) is 5.78. The summed E-state index contributed by atoms with van der Waals surface area (Å²) in [5.74, 6) is 0.0670. The number of nitrogens with two attached hydrogens (primary N) is 1. The van der Waals surface area contributed by atoms with Gasteiger partial charge in [-0.15, -0.1) is 0 Å². The van der Waals surface area contributed by atoms with Gasteiger partial charge in [0.2, 0.25) is 11.8 Å². The molecule has 1 fully saturated rings. The van der Waals surface area contributed by atoms with Gasteiger partial charge in [0.25, 0.3) is 0 Å². The van der Waals surface area contributed by atoms with Crippen molar-refractivity contribution >= 4 is 11.8 Å². The molecule has 1 radical (unpaired) electrons. The molecule has 1 aromatic rings. The maximum absolute atomic E-state index is 12.2. The van der Waals surface area contributed by atoms with Crippen LogP contribution in [-0.2, 0) is 16.0 Å². The molecule has 1 saturated heterocycles. The number of benzene rings is 1. The Bertz CT molecular complexity index is 517. The number of nitrogens with zero attached hydrogens (tertiary/aromatic N) is 1. The summed E-state index contributed by atoms with van der Waals surface area (Å²) in [6.45, 7) is 4.86. The molecule has 4 nitrogen and oxygen atoms in total. The molecule has 1 heterocycles. The normalized spacial score (nSPS) is 16.5. The van der Waals surface area contributed by atoms with E-state index in [1.165, 1.54) is 12.0 Å². The molecule has 0 bridgehead atoms. The van der Waals surface area contributed by atoms with Crippen LogP contribution in [0.5, 0.6) is 0 Å². The Morgan fingerprint density at radius 3 is 2.36 bits per heavy atom. The molecule has 119 valence electrons. The lowest BCUT2D eigenvalue weighted by molar-refractivity contribution is -0.134. The van der Waals surface area contributed by atoms with Crippen LogP contribution in [0.3, 0.4) is 0 Å². The van der Waals surface area contributed by atoms with E-state index < -0.39 is 11.3 Å². The van der Waals surface area contributed by atoms with Gasteiger partial charge in [0.15, 0.2) is 0 Å². The standard InChI is InChI=1S/C18H25N2O2/c1-18(2,17(19)22)13-16(21)20-10-8-15(9-11-20)12-14-6-4-3-5-7-14/h3-7,13,15H,8-12H2,1-2H3,(H2,19,22). The van der Waals surface area contributed by atoms with E-state index in [1.54, 1.807) is 13.8 Å². The minimum atomic E-state index is -0.891. The first-order valence-corrected chi connectivity index (χ1v) is 7.87. The molecular weight excluding hydrogens is 276 g/mol. The van der Waals surface area contributed by atoms with Crippen molar-refractivity contribution in [2.45, 2.75) is 33.1 Å². The van der Waals surface area contributed by atoms with Crippen LogP contribution in [0.15, 0.2) is 30.3 Å². The Kier molecular flexibility index (Phi) is 5.22. The van der Waals surface area contributed by atoms with Crippen molar-refractivity contribution in [2.75, 3.05) is 13.1 Å². The van der Waals surface area contributed by atoms with Crippen molar-refractivity contribution in [3.05, 3.63) is 42.3 Å². The highest BCUT2D eigenvalue weighted by molar-refractivity contribution is 5.94. The molecule has 2 N–H and O–H groups in total. The second-order valence-corrected chi connectivity index (χ2v) is 6.69. The van der Waals surface area contributed by atoms with Crippen molar-refractivity contribution in [1.82, 2.24) is 4.90 Å². The highest BCUT2D eigenvalue weighted by Gasteiger charge is 2.32. The first kappa shape index (κ1) is 16.5. The third kappa shape index (κ3) is 4.33. The lowest BCUT2D eigenvalue weighted by atomic mass is 9.86. The molecule has 0 saturated carbocycles. The summed E-state index contributed by atoms with van der Waals surface area (Å²) in [7, 11) is 0. The average molecular weight is 301 g/mol. The zero-order valence-corrected chi connectivity index (χ0v) is 13.4. The first-order chi connectivity index (χ1) is 10.4. The van der Waals surface area contributed by atoms with Gasteiger partial charge in [0, 0.05) is 13.1 Å². The van der Waals surface area contributed by atoms with Crippen molar-refractivity contribution in [2.24, 2.45) is 17.1 Å². The van der Waals surface area contributed by atoms with Crippen molar-refractivity contribution in [1.29, 1.82) is 0 Å². The molecule has 0 aliphatic carbocycles. The van der Waals surface area contributed by atoms with Crippen LogP contribution in [0.4, 0.5) is 0 Å². The molecule has 1 aliphatic heterocycles. The third-order valence-corrected chi connectivity index (χ3v) is 4.41. The third-order valence-electron chi connectivity index (χ3n) is 4.41. The molecular formula is C18H25N2O2. The highest BCUT2D eigenvalue weighted by atomic mass is 16.2. The van der Waals surface area contributed by atoms with E-state index >= 15 is 0 Å². The minimum absolute atomic E-state index is 0.0815. The molecule has 0 atom stereocenters. The molecule has 2 rings (SSSR count). The van der Waals surface area contributed by atoms with Gasteiger partial charge in [0.1, 0.15) is 0 Å². The Morgan fingerprint density at radius 1 is 1.23 bits per heavy atom. The van der Waals surface area contributed by atoms with Gasteiger partial charge in [0.05, 0.1) is 11.8 Å². The van der Waals surface area contributed by atoms with Gasteiger partial charge in [-0.3, -0.25) is 9.59 Å². The van der Waals surface area contributed by atoms with Gasteiger partial charge in [-0.2, -0.15) is 0 Å². The number of rotatable bonds is 5. The average Bonchev–Trinajstić information content (AvgIpc) is 2.48. The zero-order chi connectivity index (χ0) is 16.2. The number of amides is 2. The summed E-state index contributed by atoms with van der Waals surface area (Å²) in [6, 6.07) is 10.5. The number of carbonyl (C=O) groups is 2. The number of hydrogen-bond donors (Lipinski definition) is 1. The van der Waals surface area contributed by atoms with Crippen molar-refractivity contribution in [3.8, 4) is 0 Å². The fourth-order valence-corrected chi connectivity index (χ4v) is 2.78. The van der Waals surface area contributed by atoms with Gasteiger partial charge in [-0.25, -0.2) is 0 Å². The Hall–Kier alpha value is -1.84. The second kappa shape index (κ2) is 6.95. The fraction of sp³-hybridized carbons (Fsp3) is 0.500. The number of piperidine rings is 1. The molecule has 1 aromatic carbocycles. The fourth-order valence-electron chi connectivity index (χ4n) is 2.78. The minimum Gasteiger partial charge on any atom is -0.369 e. The molecule has 0 aromatic heterocycles. The summed E-state index contributed by atoms with van der Waals surface area (Å²) in [4.78, 5) is 25.4. The molecule has 4 heteroatoms. The van der Waals surface area contributed by atoms with E-state index in [9.17, 15) is 9.59 Å². The van der Waals surface area contributed by atoms with Crippen LogP contribution in [0, 0.1) is 17.8 Å². The number of carbonyl (C=O) groups excluding carboxylic acids is 2. The van der Waals surface area contributed by atoms with E-state index in [0.29, 0.717) is 5.92 Å². The van der Waals surface area contributed by atoms with Gasteiger partial charge >= 0.3 is 0 Å². The topological polar surface area (TPSA) is 63.4 Å². The summed E-state index contributed by atoms with van der Waals surface area (Å²) in [5, 5.41) is 0. The predicted molar refractivity (Wildman–Crippen MR) is 86.7 cm³/mol. The van der Waals surface area contributed by atoms with Crippen LogP contribution < -0.4 is 5.73 Å². The maximum atomic E-state index is 12.2.